The first-order valence-electron chi connectivity index (χ1n) is 7.00. The molecule has 4 nitrogen and oxygen atoms in total. The minimum absolute atomic E-state index is 0.550. The van der Waals surface area contributed by atoms with Crippen LogP contribution in [0.15, 0.2) is 0 Å². The Labute approximate surface area is 111 Å². The van der Waals surface area contributed by atoms with Gasteiger partial charge in [-0.05, 0) is 52.2 Å². The Morgan fingerprint density at radius 1 is 1.39 bits per heavy atom. The summed E-state index contributed by atoms with van der Waals surface area (Å²) < 4.78 is 0. The van der Waals surface area contributed by atoms with E-state index in [-0.39, 0.29) is 0 Å². The molecule has 1 saturated heterocycles. The second-order valence-corrected chi connectivity index (χ2v) is 6.47. The molecule has 0 amide bonds. The van der Waals surface area contributed by atoms with Crippen molar-refractivity contribution >= 4 is 5.97 Å². The molecule has 0 saturated carbocycles. The number of aliphatic carboxylic acids is 1. The minimum atomic E-state index is -0.703. The molecular formula is C14H28N2O2. The van der Waals surface area contributed by atoms with Gasteiger partial charge in [-0.15, -0.1) is 0 Å². The molecule has 0 aromatic heterocycles. The van der Waals surface area contributed by atoms with Crippen LogP contribution in [0.2, 0.25) is 0 Å². The smallest absolute Gasteiger partial charge is 0.310 e. The van der Waals surface area contributed by atoms with Crippen LogP contribution in [0.5, 0.6) is 0 Å². The van der Waals surface area contributed by atoms with E-state index in [1.165, 1.54) is 12.8 Å². The Morgan fingerprint density at radius 2 is 1.94 bits per heavy atom. The molecule has 0 aromatic carbocycles. The molecule has 0 aromatic rings. The van der Waals surface area contributed by atoms with Crippen molar-refractivity contribution in [3.8, 4) is 0 Å². The Kier molecular flexibility index (Phi) is 5.60. The van der Waals surface area contributed by atoms with E-state index in [4.69, 9.17) is 5.11 Å². The first kappa shape index (κ1) is 15.4. The fourth-order valence-corrected chi connectivity index (χ4v) is 2.38. The molecular weight excluding hydrogens is 228 g/mol. The number of hydrogen-bond acceptors (Lipinski definition) is 3. The fraction of sp³-hybridized carbons (Fsp3) is 0.929. The van der Waals surface area contributed by atoms with Crippen molar-refractivity contribution < 1.29 is 9.90 Å². The summed E-state index contributed by atoms with van der Waals surface area (Å²) >= 11 is 0. The second-order valence-electron chi connectivity index (χ2n) is 6.47. The van der Waals surface area contributed by atoms with Crippen LogP contribution in [-0.4, -0.2) is 48.2 Å². The van der Waals surface area contributed by atoms with Gasteiger partial charge >= 0.3 is 5.97 Å². The molecule has 0 bridgehead atoms. The molecule has 1 aliphatic rings. The Hall–Kier alpha value is -0.610. The Balaban J connectivity index is 2.29. The van der Waals surface area contributed by atoms with E-state index in [1.807, 2.05) is 13.8 Å². The molecule has 0 atom stereocenters. The monoisotopic (exact) mass is 256 g/mol. The van der Waals surface area contributed by atoms with Crippen molar-refractivity contribution in [1.29, 1.82) is 0 Å². The molecule has 0 radical (unpaired) electrons. The molecule has 1 fully saturated rings. The van der Waals surface area contributed by atoms with Gasteiger partial charge in [0, 0.05) is 12.6 Å². The summed E-state index contributed by atoms with van der Waals surface area (Å²) in [6.07, 6.45) is 2.35. The maximum atomic E-state index is 11.1. The van der Waals surface area contributed by atoms with Crippen molar-refractivity contribution in [3.05, 3.63) is 0 Å². The third-order valence-electron chi connectivity index (χ3n) is 3.72. The van der Waals surface area contributed by atoms with Gasteiger partial charge in [-0.3, -0.25) is 4.79 Å². The number of nitrogens with zero attached hydrogens (tertiary/aromatic N) is 1. The van der Waals surface area contributed by atoms with E-state index in [0.29, 0.717) is 12.6 Å². The second kappa shape index (κ2) is 6.53. The van der Waals surface area contributed by atoms with E-state index < -0.39 is 11.4 Å². The minimum Gasteiger partial charge on any atom is -0.481 e. The average molecular weight is 256 g/mol. The number of rotatable bonds is 6. The molecule has 18 heavy (non-hydrogen) atoms. The molecule has 0 aliphatic carbocycles. The van der Waals surface area contributed by atoms with E-state index in [1.54, 1.807) is 0 Å². The lowest BCUT2D eigenvalue weighted by molar-refractivity contribution is -0.148. The van der Waals surface area contributed by atoms with Crippen molar-refractivity contribution in [1.82, 2.24) is 10.2 Å². The highest BCUT2D eigenvalue weighted by atomic mass is 16.4. The van der Waals surface area contributed by atoms with Crippen LogP contribution in [0.4, 0.5) is 0 Å². The quantitative estimate of drug-likeness (QED) is 0.761. The van der Waals surface area contributed by atoms with Gasteiger partial charge in [0.2, 0.25) is 0 Å². The number of piperidine rings is 1. The van der Waals surface area contributed by atoms with E-state index in [0.717, 1.165) is 25.6 Å². The number of nitrogens with one attached hydrogen (secondary N) is 1. The van der Waals surface area contributed by atoms with Gasteiger partial charge in [-0.2, -0.15) is 0 Å². The molecule has 4 heteroatoms. The van der Waals surface area contributed by atoms with Crippen LogP contribution in [0.25, 0.3) is 0 Å². The summed E-state index contributed by atoms with van der Waals surface area (Å²) in [5, 5.41) is 12.6. The number of carbonyl (C=O) groups is 1. The number of likely N-dealkylation sites (tertiary alicyclic amines) is 1. The van der Waals surface area contributed by atoms with Crippen LogP contribution < -0.4 is 5.32 Å². The molecule has 0 unspecified atom stereocenters. The van der Waals surface area contributed by atoms with Gasteiger partial charge in [0.15, 0.2) is 0 Å². The predicted molar refractivity (Wildman–Crippen MR) is 73.7 cm³/mol. The zero-order valence-electron chi connectivity index (χ0n) is 12.2. The average Bonchev–Trinajstić information content (AvgIpc) is 2.27. The maximum Gasteiger partial charge on any atom is 0.310 e. The van der Waals surface area contributed by atoms with Crippen LogP contribution in [0, 0.1) is 11.3 Å². The molecule has 0 spiro atoms. The van der Waals surface area contributed by atoms with Crippen molar-refractivity contribution in [3.63, 3.8) is 0 Å². The highest BCUT2D eigenvalue weighted by molar-refractivity contribution is 5.73. The predicted octanol–water partition coefficient (Wildman–Crippen LogP) is 1.81. The lowest BCUT2D eigenvalue weighted by Gasteiger charge is -2.36. The molecule has 106 valence electrons. The highest BCUT2D eigenvalue weighted by Gasteiger charge is 2.31. The maximum absolute atomic E-state index is 11.1. The summed E-state index contributed by atoms with van der Waals surface area (Å²) in [6, 6.07) is 0.550. The number of carboxylic acid groups (broad SMARTS) is 1. The van der Waals surface area contributed by atoms with Crippen molar-refractivity contribution in [2.45, 2.75) is 46.6 Å². The first-order valence-corrected chi connectivity index (χ1v) is 7.00. The Bertz CT molecular complexity index is 269. The highest BCUT2D eigenvalue weighted by Crippen LogP contribution is 2.22. The number of hydrogen-bond donors (Lipinski definition) is 2. The van der Waals surface area contributed by atoms with Crippen LogP contribution in [0.1, 0.15) is 40.5 Å². The van der Waals surface area contributed by atoms with Crippen LogP contribution in [0.3, 0.4) is 0 Å². The molecule has 1 aliphatic heterocycles. The summed E-state index contributed by atoms with van der Waals surface area (Å²) in [5.74, 6) is 0.0442. The van der Waals surface area contributed by atoms with Gasteiger partial charge < -0.3 is 15.3 Å². The molecule has 1 rings (SSSR count). The molecule has 2 N–H and O–H groups in total. The van der Waals surface area contributed by atoms with Crippen molar-refractivity contribution in [2.24, 2.45) is 11.3 Å². The van der Waals surface area contributed by atoms with Crippen molar-refractivity contribution in [2.75, 3.05) is 26.2 Å². The summed E-state index contributed by atoms with van der Waals surface area (Å²) in [5.41, 5.74) is -0.636. The largest absolute Gasteiger partial charge is 0.481 e. The lowest BCUT2D eigenvalue weighted by atomic mass is 9.90. The Morgan fingerprint density at radius 3 is 2.39 bits per heavy atom. The van der Waals surface area contributed by atoms with E-state index in [2.05, 4.69) is 24.1 Å². The van der Waals surface area contributed by atoms with Gasteiger partial charge in [-0.1, -0.05) is 13.8 Å². The van der Waals surface area contributed by atoms with Gasteiger partial charge in [0.1, 0.15) is 0 Å². The van der Waals surface area contributed by atoms with Gasteiger partial charge in [0.25, 0.3) is 0 Å². The lowest BCUT2D eigenvalue weighted by Crippen LogP contribution is -2.44. The zero-order chi connectivity index (χ0) is 13.8. The van der Waals surface area contributed by atoms with E-state index in [9.17, 15) is 4.79 Å². The third kappa shape index (κ3) is 4.94. The SMILES string of the molecule is CC(C)NCC1CCN(CC(C)(C)C(=O)O)CC1. The number of carboxylic acids is 1. The topological polar surface area (TPSA) is 52.6 Å². The summed E-state index contributed by atoms with van der Waals surface area (Å²) in [6.45, 7) is 11.8. The van der Waals surface area contributed by atoms with Gasteiger partial charge in [0.05, 0.1) is 5.41 Å². The molecule has 1 heterocycles. The summed E-state index contributed by atoms with van der Waals surface area (Å²) in [4.78, 5) is 13.4. The standard InChI is InChI=1S/C14H28N2O2/c1-11(2)15-9-12-5-7-16(8-6-12)10-14(3,4)13(17)18/h11-12,15H,5-10H2,1-4H3,(H,17,18). The zero-order valence-corrected chi connectivity index (χ0v) is 12.2. The normalized spacial score (nSPS) is 19.4. The van der Waals surface area contributed by atoms with Crippen LogP contribution >= 0.6 is 0 Å². The van der Waals surface area contributed by atoms with E-state index >= 15 is 0 Å². The third-order valence-corrected chi connectivity index (χ3v) is 3.72. The fourth-order valence-electron chi connectivity index (χ4n) is 2.38. The first-order chi connectivity index (χ1) is 8.31. The van der Waals surface area contributed by atoms with Crippen LogP contribution in [-0.2, 0) is 4.79 Å². The van der Waals surface area contributed by atoms with Gasteiger partial charge in [-0.25, -0.2) is 0 Å². The summed E-state index contributed by atoms with van der Waals surface area (Å²) in [7, 11) is 0.